The lowest BCUT2D eigenvalue weighted by Gasteiger charge is -2.32. The van der Waals surface area contributed by atoms with Gasteiger partial charge >= 0.3 is 0 Å². The number of carbonyl (C=O) groups excluding carboxylic acids is 1. The van der Waals surface area contributed by atoms with E-state index < -0.39 is 0 Å². The van der Waals surface area contributed by atoms with Crippen LogP contribution in [0.1, 0.15) is 24.6 Å². The number of carbonyl (C=O) groups is 1. The molecule has 0 bridgehead atoms. The zero-order valence-corrected chi connectivity index (χ0v) is 14.1. The van der Waals surface area contributed by atoms with Gasteiger partial charge in [0.15, 0.2) is 5.65 Å². The second-order valence-electron chi connectivity index (χ2n) is 6.24. The summed E-state index contributed by atoms with van der Waals surface area (Å²) in [6.07, 6.45) is 9.38. The molecule has 26 heavy (non-hydrogen) atoms. The molecule has 0 atom stereocenters. The molecule has 1 fully saturated rings. The standard InChI is InChI=1S/C19H18N4O3/c24-17(6-5-15-3-2-12-26-15)22-10-7-14(8-11-22)23-13-21-18-16(19(23)25)4-1-9-20-18/h1-6,9,12-14H,7-8,10-11H2. The highest BCUT2D eigenvalue weighted by Gasteiger charge is 2.24. The van der Waals surface area contributed by atoms with Crippen LogP contribution in [0, 0.1) is 0 Å². The Morgan fingerprint density at radius 3 is 2.81 bits per heavy atom. The Labute approximate surface area is 149 Å². The molecule has 0 unspecified atom stereocenters. The molecule has 0 radical (unpaired) electrons. The van der Waals surface area contributed by atoms with Gasteiger partial charge in [0.05, 0.1) is 11.6 Å². The molecule has 0 aromatic carbocycles. The average Bonchev–Trinajstić information content (AvgIpc) is 3.20. The summed E-state index contributed by atoms with van der Waals surface area (Å²) in [6.45, 7) is 1.20. The molecule has 132 valence electrons. The molecular formula is C19H18N4O3. The van der Waals surface area contributed by atoms with Crippen molar-refractivity contribution < 1.29 is 9.21 Å². The average molecular weight is 350 g/mol. The molecule has 4 rings (SSSR count). The van der Waals surface area contributed by atoms with Crippen molar-refractivity contribution in [2.45, 2.75) is 18.9 Å². The second kappa shape index (κ2) is 6.95. The van der Waals surface area contributed by atoms with E-state index in [9.17, 15) is 9.59 Å². The lowest BCUT2D eigenvalue weighted by Crippen LogP contribution is -2.40. The van der Waals surface area contributed by atoms with E-state index in [1.807, 2.05) is 0 Å². The zero-order valence-electron chi connectivity index (χ0n) is 14.1. The second-order valence-corrected chi connectivity index (χ2v) is 6.24. The molecule has 0 aliphatic carbocycles. The number of piperidine rings is 1. The minimum atomic E-state index is -0.0782. The number of amides is 1. The van der Waals surface area contributed by atoms with Crippen molar-refractivity contribution in [1.29, 1.82) is 0 Å². The van der Waals surface area contributed by atoms with Crippen molar-refractivity contribution in [1.82, 2.24) is 19.4 Å². The van der Waals surface area contributed by atoms with Gasteiger partial charge in [-0.25, -0.2) is 9.97 Å². The normalized spacial score (nSPS) is 15.8. The molecule has 3 aromatic heterocycles. The smallest absolute Gasteiger partial charge is 0.263 e. The van der Waals surface area contributed by atoms with Gasteiger partial charge in [-0.05, 0) is 43.2 Å². The Balaban J connectivity index is 1.44. The maximum Gasteiger partial charge on any atom is 0.263 e. The van der Waals surface area contributed by atoms with Crippen LogP contribution in [-0.2, 0) is 4.79 Å². The van der Waals surface area contributed by atoms with E-state index in [-0.39, 0.29) is 17.5 Å². The van der Waals surface area contributed by atoms with Gasteiger partial charge in [-0.2, -0.15) is 0 Å². The minimum Gasteiger partial charge on any atom is -0.465 e. The number of pyridine rings is 1. The third-order valence-electron chi connectivity index (χ3n) is 4.66. The summed E-state index contributed by atoms with van der Waals surface area (Å²) in [5, 5.41) is 0.523. The van der Waals surface area contributed by atoms with E-state index in [1.54, 1.807) is 58.6 Å². The van der Waals surface area contributed by atoms with Gasteiger partial charge in [0.2, 0.25) is 5.91 Å². The number of fused-ring (bicyclic) bond motifs is 1. The first-order chi connectivity index (χ1) is 12.7. The van der Waals surface area contributed by atoms with E-state index in [4.69, 9.17) is 4.42 Å². The highest BCUT2D eigenvalue weighted by Crippen LogP contribution is 2.21. The van der Waals surface area contributed by atoms with E-state index in [1.165, 1.54) is 6.08 Å². The maximum absolute atomic E-state index is 12.7. The molecule has 0 spiro atoms. The molecule has 1 aliphatic heterocycles. The Morgan fingerprint density at radius 1 is 1.19 bits per heavy atom. The van der Waals surface area contributed by atoms with Crippen molar-refractivity contribution in [2.75, 3.05) is 13.1 Å². The van der Waals surface area contributed by atoms with Gasteiger partial charge in [0.1, 0.15) is 12.1 Å². The van der Waals surface area contributed by atoms with Crippen molar-refractivity contribution in [3.63, 3.8) is 0 Å². The third-order valence-corrected chi connectivity index (χ3v) is 4.66. The highest BCUT2D eigenvalue weighted by atomic mass is 16.3. The van der Waals surface area contributed by atoms with Gasteiger partial charge in [0, 0.05) is 31.4 Å². The van der Waals surface area contributed by atoms with Crippen LogP contribution in [0.5, 0.6) is 0 Å². The molecule has 1 amide bonds. The SMILES string of the molecule is O=C(C=Cc1ccco1)N1CCC(n2cnc3ncccc3c2=O)CC1. The quantitative estimate of drug-likeness (QED) is 0.677. The molecule has 1 aliphatic rings. The Morgan fingerprint density at radius 2 is 2.04 bits per heavy atom. The number of furan rings is 1. The summed E-state index contributed by atoms with van der Waals surface area (Å²) in [7, 11) is 0. The number of nitrogens with zero attached hydrogens (tertiary/aromatic N) is 4. The fourth-order valence-corrected chi connectivity index (χ4v) is 3.24. The summed E-state index contributed by atoms with van der Waals surface area (Å²) in [6, 6.07) is 7.09. The Kier molecular flexibility index (Phi) is 4.35. The van der Waals surface area contributed by atoms with Gasteiger partial charge in [-0.1, -0.05) is 0 Å². The van der Waals surface area contributed by atoms with Crippen LogP contribution in [0.25, 0.3) is 17.1 Å². The predicted octanol–water partition coefficient (Wildman–Crippen LogP) is 2.26. The summed E-state index contributed by atoms with van der Waals surface area (Å²) in [5.74, 6) is 0.601. The Bertz CT molecular complexity index is 999. The number of hydrogen-bond acceptors (Lipinski definition) is 5. The number of likely N-dealkylation sites (tertiary alicyclic amines) is 1. The lowest BCUT2D eigenvalue weighted by atomic mass is 10.0. The first-order valence-corrected chi connectivity index (χ1v) is 8.55. The molecule has 0 saturated carbocycles. The fourth-order valence-electron chi connectivity index (χ4n) is 3.24. The van der Waals surface area contributed by atoms with Crippen LogP contribution in [0.3, 0.4) is 0 Å². The van der Waals surface area contributed by atoms with Crippen LogP contribution in [0.2, 0.25) is 0 Å². The first-order valence-electron chi connectivity index (χ1n) is 8.55. The molecule has 7 nitrogen and oxygen atoms in total. The minimum absolute atomic E-state index is 0.0395. The highest BCUT2D eigenvalue weighted by molar-refractivity contribution is 5.91. The number of hydrogen-bond donors (Lipinski definition) is 0. The maximum atomic E-state index is 12.7. The molecular weight excluding hydrogens is 332 g/mol. The van der Waals surface area contributed by atoms with E-state index in [0.717, 1.165) is 0 Å². The fraction of sp³-hybridized carbons (Fsp3) is 0.263. The van der Waals surface area contributed by atoms with E-state index in [2.05, 4.69) is 9.97 Å². The monoisotopic (exact) mass is 350 g/mol. The molecule has 0 N–H and O–H groups in total. The molecule has 7 heteroatoms. The summed E-state index contributed by atoms with van der Waals surface area (Å²) in [5.41, 5.74) is 0.384. The number of aromatic nitrogens is 3. The lowest BCUT2D eigenvalue weighted by molar-refractivity contribution is -0.127. The first kappa shape index (κ1) is 16.3. The van der Waals surface area contributed by atoms with E-state index in [0.29, 0.717) is 42.7 Å². The van der Waals surface area contributed by atoms with Crippen molar-refractivity contribution in [3.8, 4) is 0 Å². The largest absolute Gasteiger partial charge is 0.465 e. The summed E-state index contributed by atoms with van der Waals surface area (Å²) < 4.78 is 6.86. The van der Waals surface area contributed by atoms with Crippen molar-refractivity contribution in [3.05, 3.63) is 65.2 Å². The van der Waals surface area contributed by atoms with Crippen LogP contribution in [-0.4, -0.2) is 38.4 Å². The zero-order chi connectivity index (χ0) is 17.9. The Hall–Kier alpha value is -3.22. The van der Waals surface area contributed by atoms with E-state index >= 15 is 0 Å². The summed E-state index contributed by atoms with van der Waals surface area (Å²) >= 11 is 0. The molecule has 1 saturated heterocycles. The van der Waals surface area contributed by atoms with Crippen molar-refractivity contribution >= 4 is 23.0 Å². The van der Waals surface area contributed by atoms with Crippen LogP contribution >= 0.6 is 0 Å². The van der Waals surface area contributed by atoms with Crippen LogP contribution in [0.4, 0.5) is 0 Å². The van der Waals surface area contributed by atoms with Crippen molar-refractivity contribution in [2.24, 2.45) is 0 Å². The number of rotatable bonds is 3. The van der Waals surface area contributed by atoms with Crippen LogP contribution in [0.15, 0.2) is 58.3 Å². The van der Waals surface area contributed by atoms with Gasteiger partial charge in [0.25, 0.3) is 5.56 Å². The van der Waals surface area contributed by atoms with Crippen LogP contribution < -0.4 is 5.56 Å². The molecule has 3 aromatic rings. The third kappa shape index (κ3) is 3.15. The molecule has 4 heterocycles. The topological polar surface area (TPSA) is 81.2 Å². The summed E-state index contributed by atoms with van der Waals surface area (Å²) in [4.78, 5) is 35.1. The van der Waals surface area contributed by atoms with Gasteiger partial charge in [-0.15, -0.1) is 0 Å². The van der Waals surface area contributed by atoms with Gasteiger partial charge < -0.3 is 9.32 Å². The van der Waals surface area contributed by atoms with Gasteiger partial charge in [-0.3, -0.25) is 14.2 Å². The predicted molar refractivity (Wildman–Crippen MR) is 96.4 cm³/mol.